The van der Waals surface area contributed by atoms with E-state index in [1.54, 1.807) is 6.20 Å². The fourth-order valence-electron chi connectivity index (χ4n) is 5.35. The van der Waals surface area contributed by atoms with Gasteiger partial charge in [-0.2, -0.15) is 26.3 Å². The summed E-state index contributed by atoms with van der Waals surface area (Å²) in [5.41, 5.74) is 1.51. The minimum absolute atomic E-state index is 0.268. The number of likely N-dealkylation sites (tertiary alicyclic amines) is 2. The Balaban J connectivity index is 0.000000333. The van der Waals surface area contributed by atoms with Gasteiger partial charge in [0.2, 0.25) is 5.91 Å². The van der Waals surface area contributed by atoms with Crippen LogP contribution >= 0.6 is 0 Å². The predicted molar refractivity (Wildman–Crippen MR) is 131 cm³/mol. The van der Waals surface area contributed by atoms with Gasteiger partial charge in [0, 0.05) is 38.6 Å². The molecule has 8 nitrogen and oxygen atoms in total. The van der Waals surface area contributed by atoms with E-state index in [0.717, 1.165) is 24.6 Å². The Morgan fingerprint density at radius 2 is 1.43 bits per heavy atom. The zero-order valence-electron chi connectivity index (χ0n) is 22.0. The van der Waals surface area contributed by atoms with Crippen LogP contribution in [0.2, 0.25) is 0 Å². The van der Waals surface area contributed by atoms with E-state index in [1.165, 1.54) is 71.0 Å². The second-order valence-corrected chi connectivity index (χ2v) is 10.5. The summed E-state index contributed by atoms with van der Waals surface area (Å²) in [5, 5.41) is 14.2. The molecular formula is C26H35F6N3O5. The first kappa shape index (κ1) is 33.3. The van der Waals surface area contributed by atoms with Crippen LogP contribution < -0.4 is 0 Å². The monoisotopic (exact) mass is 583 g/mol. The summed E-state index contributed by atoms with van der Waals surface area (Å²) in [4.78, 5) is 39.3. The second-order valence-electron chi connectivity index (χ2n) is 10.5. The Labute approximate surface area is 228 Å². The van der Waals surface area contributed by atoms with Crippen molar-refractivity contribution in [3.05, 3.63) is 30.1 Å². The summed E-state index contributed by atoms with van der Waals surface area (Å²) in [6, 6.07) is 3.91. The van der Waals surface area contributed by atoms with Gasteiger partial charge in [0.15, 0.2) is 0 Å². The first-order valence-corrected chi connectivity index (χ1v) is 13.1. The van der Waals surface area contributed by atoms with E-state index in [1.807, 2.05) is 18.3 Å². The van der Waals surface area contributed by atoms with Gasteiger partial charge in [-0.15, -0.1) is 0 Å². The highest BCUT2D eigenvalue weighted by atomic mass is 19.4. The highest BCUT2D eigenvalue weighted by Crippen LogP contribution is 2.41. The van der Waals surface area contributed by atoms with E-state index in [-0.39, 0.29) is 5.91 Å². The van der Waals surface area contributed by atoms with Crippen molar-refractivity contribution in [2.75, 3.05) is 32.7 Å². The van der Waals surface area contributed by atoms with E-state index >= 15 is 0 Å². The van der Waals surface area contributed by atoms with E-state index in [9.17, 15) is 31.1 Å². The number of pyridine rings is 1. The molecule has 0 atom stereocenters. The minimum Gasteiger partial charge on any atom is -0.475 e. The molecule has 1 spiro atoms. The van der Waals surface area contributed by atoms with Gasteiger partial charge in [-0.05, 0) is 61.6 Å². The number of hydrogen-bond acceptors (Lipinski definition) is 5. The van der Waals surface area contributed by atoms with Crippen LogP contribution in [0.15, 0.2) is 24.5 Å². The van der Waals surface area contributed by atoms with E-state index in [2.05, 4.69) is 14.8 Å². The van der Waals surface area contributed by atoms with E-state index in [0.29, 0.717) is 11.8 Å². The van der Waals surface area contributed by atoms with Crippen LogP contribution in [0, 0.1) is 11.3 Å². The van der Waals surface area contributed by atoms with Crippen molar-refractivity contribution in [1.82, 2.24) is 14.8 Å². The fraction of sp³-hybridized carbons (Fsp3) is 0.692. The third kappa shape index (κ3) is 11.3. The van der Waals surface area contributed by atoms with Crippen molar-refractivity contribution < 1.29 is 50.9 Å². The van der Waals surface area contributed by atoms with Gasteiger partial charge in [0.1, 0.15) is 0 Å². The Hall–Kier alpha value is -2.90. The zero-order chi connectivity index (χ0) is 30.0. The molecule has 1 amide bonds. The maximum Gasteiger partial charge on any atom is 0.490 e. The fourth-order valence-corrected chi connectivity index (χ4v) is 5.35. The molecule has 0 radical (unpaired) electrons. The molecule has 40 heavy (non-hydrogen) atoms. The zero-order valence-corrected chi connectivity index (χ0v) is 22.0. The van der Waals surface area contributed by atoms with Gasteiger partial charge in [-0.1, -0.05) is 25.3 Å². The van der Waals surface area contributed by atoms with Crippen LogP contribution in [0.4, 0.5) is 26.3 Å². The third-order valence-electron chi connectivity index (χ3n) is 7.50. The molecule has 14 heteroatoms. The van der Waals surface area contributed by atoms with Crippen LogP contribution in [0.1, 0.15) is 56.9 Å². The molecule has 2 saturated heterocycles. The number of aromatic nitrogens is 1. The lowest BCUT2D eigenvalue weighted by Gasteiger charge is -2.39. The van der Waals surface area contributed by atoms with Crippen LogP contribution in [0.3, 0.4) is 0 Å². The molecule has 0 aromatic carbocycles. The number of hydrogen-bond donors (Lipinski definition) is 2. The van der Waals surface area contributed by atoms with Crippen molar-refractivity contribution in [3.8, 4) is 0 Å². The summed E-state index contributed by atoms with van der Waals surface area (Å²) in [6.07, 6.45) is 4.83. The lowest BCUT2D eigenvalue weighted by atomic mass is 9.77. The summed E-state index contributed by atoms with van der Waals surface area (Å²) < 4.78 is 63.5. The highest BCUT2D eigenvalue weighted by Gasteiger charge is 2.42. The topological polar surface area (TPSA) is 111 Å². The predicted octanol–water partition coefficient (Wildman–Crippen LogP) is 4.79. The number of carbonyl (C=O) groups excluding carboxylic acids is 1. The van der Waals surface area contributed by atoms with Crippen LogP contribution in [0.5, 0.6) is 0 Å². The Morgan fingerprint density at radius 1 is 0.900 bits per heavy atom. The van der Waals surface area contributed by atoms with Gasteiger partial charge in [0.25, 0.3) is 0 Å². The normalized spacial score (nSPS) is 19.7. The molecule has 1 aliphatic carbocycles. The molecule has 1 aromatic rings. The maximum atomic E-state index is 12.6. The molecule has 226 valence electrons. The number of carboxylic acids is 2. The number of nitrogens with zero attached hydrogens (tertiary/aromatic N) is 3. The smallest absolute Gasteiger partial charge is 0.475 e. The number of halogens is 6. The maximum absolute atomic E-state index is 12.6. The summed E-state index contributed by atoms with van der Waals surface area (Å²) in [6.45, 7) is 5.76. The minimum atomic E-state index is -5.08. The van der Waals surface area contributed by atoms with Crippen molar-refractivity contribution >= 4 is 17.8 Å². The van der Waals surface area contributed by atoms with Crippen molar-refractivity contribution in [2.45, 2.75) is 70.1 Å². The summed E-state index contributed by atoms with van der Waals surface area (Å²) >= 11 is 0. The van der Waals surface area contributed by atoms with Crippen molar-refractivity contribution in [1.29, 1.82) is 0 Å². The Bertz CT molecular complexity index is 936. The third-order valence-corrected chi connectivity index (χ3v) is 7.50. The number of aliphatic carboxylic acids is 2. The number of carboxylic acid groups (broad SMARTS) is 2. The van der Waals surface area contributed by atoms with Gasteiger partial charge >= 0.3 is 24.3 Å². The molecule has 2 aliphatic heterocycles. The van der Waals surface area contributed by atoms with Crippen LogP contribution in [-0.4, -0.2) is 87.9 Å². The molecule has 1 saturated carbocycles. The standard InChI is InChI=1S/C22H33N3O.2C2HF3O2/c26-21(15-20-7-4-11-23-16-20)25-13-9-22(10-14-25)8-12-24(18-22)17-19-5-2-1-3-6-19;2*3-2(4,5)1(6)7/h4,7,11,16,19H,1-3,5-6,8-10,12-15,17-18H2;2*(H,6,7). The van der Waals surface area contributed by atoms with Gasteiger partial charge < -0.3 is 20.0 Å². The first-order valence-electron chi connectivity index (χ1n) is 13.1. The van der Waals surface area contributed by atoms with E-state index in [4.69, 9.17) is 19.8 Å². The molecule has 2 N–H and O–H groups in total. The number of rotatable bonds is 4. The van der Waals surface area contributed by atoms with Gasteiger partial charge in [-0.25, -0.2) is 9.59 Å². The molecule has 3 aliphatic rings. The molecule has 1 aromatic heterocycles. The average molecular weight is 584 g/mol. The Morgan fingerprint density at radius 3 is 1.90 bits per heavy atom. The molecule has 0 unspecified atom stereocenters. The van der Waals surface area contributed by atoms with Crippen LogP contribution in [0.25, 0.3) is 0 Å². The van der Waals surface area contributed by atoms with E-state index < -0.39 is 24.3 Å². The molecule has 4 rings (SSSR count). The second kappa shape index (κ2) is 14.6. The van der Waals surface area contributed by atoms with Gasteiger partial charge in [-0.3, -0.25) is 9.78 Å². The van der Waals surface area contributed by atoms with Crippen LogP contribution in [-0.2, 0) is 20.8 Å². The largest absolute Gasteiger partial charge is 0.490 e. The highest BCUT2D eigenvalue weighted by molar-refractivity contribution is 5.78. The first-order chi connectivity index (χ1) is 18.6. The quantitative estimate of drug-likeness (QED) is 0.491. The molecule has 3 fully saturated rings. The Kier molecular flexibility index (Phi) is 12.2. The van der Waals surface area contributed by atoms with Crippen molar-refractivity contribution in [3.63, 3.8) is 0 Å². The molecule has 3 heterocycles. The lowest BCUT2D eigenvalue weighted by Crippen LogP contribution is -2.45. The van der Waals surface area contributed by atoms with Gasteiger partial charge in [0.05, 0.1) is 6.42 Å². The lowest BCUT2D eigenvalue weighted by molar-refractivity contribution is -0.193. The summed E-state index contributed by atoms with van der Waals surface area (Å²) in [7, 11) is 0. The molecular weight excluding hydrogens is 548 g/mol. The molecule has 0 bridgehead atoms. The number of carbonyl (C=O) groups is 3. The number of piperidine rings is 1. The van der Waals surface area contributed by atoms with Crippen molar-refractivity contribution in [2.24, 2.45) is 11.3 Å². The number of amides is 1. The summed E-state index contributed by atoms with van der Waals surface area (Å²) in [5.74, 6) is -4.30. The average Bonchev–Trinajstić information content (AvgIpc) is 3.26. The SMILES string of the molecule is O=C(Cc1cccnc1)N1CCC2(CCN(CC3CCCCC3)C2)CC1.O=C(O)C(F)(F)F.O=C(O)C(F)(F)F. The number of alkyl halides is 6.